The zero-order valence-electron chi connectivity index (χ0n) is 11.3. The van der Waals surface area contributed by atoms with Gasteiger partial charge in [0.2, 0.25) is 0 Å². The van der Waals surface area contributed by atoms with Crippen molar-refractivity contribution in [2.45, 2.75) is 57.0 Å². The third kappa shape index (κ3) is 3.03. The van der Waals surface area contributed by atoms with Crippen molar-refractivity contribution in [3.8, 4) is 0 Å². The van der Waals surface area contributed by atoms with Crippen molar-refractivity contribution in [1.29, 1.82) is 0 Å². The van der Waals surface area contributed by atoms with Crippen LogP contribution in [-0.2, 0) is 11.2 Å². The molecule has 1 aliphatic heterocycles. The van der Waals surface area contributed by atoms with Gasteiger partial charge in [0, 0.05) is 24.9 Å². The van der Waals surface area contributed by atoms with E-state index in [0.29, 0.717) is 18.2 Å². The van der Waals surface area contributed by atoms with Crippen molar-refractivity contribution in [2.75, 3.05) is 0 Å². The molecule has 0 bridgehead atoms. The molecular weight excluding hydrogens is 236 g/mol. The number of nitrogens with zero attached hydrogens (tertiary/aromatic N) is 1. The topological polar surface area (TPSA) is 42.0 Å². The summed E-state index contributed by atoms with van der Waals surface area (Å²) in [5.41, 5.74) is 1.08. The van der Waals surface area contributed by atoms with E-state index in [0.717, 1.165) is 17.9 Å². The number of ketones is 1. The molecule has 0 radical (unpaired) electrons. The van der Waals surface area contributed by atoms with E-state index in [-0.39, 0.29) is 6.04 Å². The maximum absolute atomic E-state index is 12.4. The molecule has 3 heteroatoms. The molecule has 1 aromatic heterocycles. The highest BCUT2D eigenvalue weighted by Gasteiger charge is 2.34. The summed E-state index contributed by atoms with van der Waals surface area (Å²) in [7, 11) is 0. The SMILES string of the molecule is O=C(Cc1ccncc1)C1CCC2CCCCC2N1. The normalized spacial score (nSPS) is 30.6. The largest absolute Gasteiger partial charge is 0.304 e. The summed E-state index contributed by atoms with van der Waals surface area (Å²) in [6.45, 7) is 0. The van der Waals surface area contributed by atoms with Gasteiger partial charge in [-0.1, -0.05) is 12.8 Å². The van der Waals surface area contributed by atoms with Gasteiger partial charge in [-0.3, -0.25) is 9.78 Å². The van der Waals surface area contributed by atoms with Crippen molar-refractivity contribution in [2.24, 2.45) is 5.92 Å². The van der Waals surface area contributed by atoms with Crippen LogP contribution in [0.5, 0.6) is 0 Å². The summed E-state index contributed by atoms with van der Waals surface area (Å²) in [4.78, 5) is 16.4. The quantitative estimate of drug-likeness (QED) is 0.905. The number of rotatable bonds is 3. The van der Waals surface area contributed by atoms with Gasteiger partial charge in [-0.05, 0) is 49.3 Å². The maximum atomic E-state index is 12.4. The van der Waals surface area contributed by atoms with Gasteiger partial charge in [0.1, 0.15) is 0 Å². The van der Waals surface area contributed by atoms with E-state index < -0.39 is 0 Å². The number of Topliss-reactive ketones (excluding diaryl/α,β-unsaturated/α-hetero) is 1. The van der Waals surface area contributed by atoms with Gasteiger partial charge in [0.05, 0.1) is 6.04 Å². The average molecular weight is 258 g/mol. The van der Waals surface area contributed by atoms with E-state index in [1.165, 1.54) is 32.1 Å². The molecule has 102 valence electrons. The second kappa shape index (κ2) is 5.83. The first-order chi connectivity index (χ1) is 9.33. The number of fused-ring (bicyclic) bond motifs is 1. The van der Waals surface area contributed by atoms with Crippen molar-refractivity contribution >= 4 is 5.78 Å². The Morgan fingerprint density at radius 3 is 2.79 bits per heavy atom. The third-order valence-corrected chi connectivity index (χ3v) is 4.67. The number of carbonyl (C=O) groups excluding carboxylic acids is 1. The molecule has 1 saturated carbocycles. The Balaban J connectivity index is 1.59. The summed E-state index contributed by atoms with van der Waals surface area (Å²) >= 11 is 0. The van der Waals surface area contributed by atoms with Gasteiger partial charge >= 0.3 is 0 Å². The standard InChI is InChI=1S/C16H22N2O/c19-16(11-12-7-9-17-10-8-12)15-6-5-13-3-1-2-4-14(13)18-15/h7-10,13-15,18H,1-6,11H2. The zero-order chi connectivity index (χ0) is 13.1. The first kappa shape index (κ1) is 12.8. The molecule has 1 N–H and O–H groups in total. The van der Waals surface area contributed by atoms with E-state index in [9.17, 15) is 4.79 Å². The van der Waals surface area contributed by atoms with Crippen LogP contribution in [-0.4, -0.2) is 22.9 Å². The minimum Gasteiger partial charge on any atom is -0.304 e. The lowest BCUT2D eigenvalue weighted by Gasteiger charge is -2.40. The van der Waals surface area contributed by atoms with Crippen LogP contribution in [0.1, 0.15) is 44.1 Å². The molecule has 2 fully saturated rings. The molecule has 1 saturated heterocycles. The maximum Gasteiger partial charge on any atom is 0.154 e. The van der Waals surface area contributed by atoms with Crippen LogP contribution in [0.4, 0.5) is 0 Å². The van der Waals surface area contributed by atoms with Crippen molar-refractivity contribution in [3.05, 3.63) is 30.1 Å². The third-order valence-electron chi connectivity index (χ3n) is 4.67. The Bertz CT molecular complexity index is 432. The Morgan fingerprint density at radius 2 is 1.95 bits per heavy atom. The lowest BCUT2D eigenvalue weighted by Crippen LogP contribution is -2.52. The molecule has 0 amide bonds. The summed E-state index contributed by atoms with van der Waals surface area (Å²) in [6, 6.07) is 4.54. The lowest BCUT2D eigenvalue weighted by molar-refractivity contribution is -0.121. The Labute approximate surface area is 114 Å². The fourth-order valence-electron chi connectivity index (χ4n) is 3.57. The monoisotopic (exact) mass is 258 g/mol. The zero-order valence-corrected chi connectivity index (χ0v) is 11.3. The number of nitrogens with one attached hydrogen (secondary N) is 1. The number of aromatic nitrogens is 1. The van der Waals surface area contributed by atoms with Crippen LogP contribution >= 0.6 is 0 Å². The van der Waals surface area contributed by atoms with Crippen LogP contribution < -0.4 is 5.32 Å². The Kier molecular flexibility index (Phi) is 3.92. The molecular formula is C16H22N2O. The van der Waals surface area contributed by atoms with Gasteiger partial charge in [0.15, 0.2) is 5.78 Å². The van der Waals surface area contributed by atoms with E-state index in [1.807, 2.05) is 12.1 Å². The molecule has 3 rings (SSSR count). The summed E-state index contributed by atoms with van der Waals surface area (Å²) in [5.74, 6) is 1.16. The number of piperidine rings is 1. The molecule has 1 aliphatic carbocycles. The van der Waals surface area contributed by atoms with Gasteiger partial charge in [0.25, 0.3) is 0 Å². The smallest absolute Gasteiger partial charge is 0.154 e. The number of hydrogen-bond donors (Lipinski definition) is 1. The van der Waals surface area contributed by atoms with Crippen molar-refractivity contribution in [1.82, 2.24) is 10.3 Å². The molecule has 3 nitrogen and oxygen atoms in total. The molecule has 19 heavy (non-hydrogen) atoms. The van der Waals surface area contributed by atoms with E-state index in [2.05, 4.69) is 10.3 Å². The highest BCUT2D eigenvalue weighted by atomic mass is 16.1. The second-order valence-corrected chi connectivity index (χ2v) is 5.95. The van der Waals surface area contributed by atoms with Crippen LogP contribution in [0, 0.1) is 5.92 Å². The minimum atomic E-state index is 0.0764. The molecule has 2 heterocycles. The molecule has 0 aromatic carbocycles. The predicted octanol–water partition coefficient (Wildman–Crippen LogP) is 2.50. The average Bonchev–Trinajstić information content (AvgIpc) is 2.48. The Hall–Kier alpha value is -1.22. The van der Waals surface area contributed by atoms with E-state index in [1.54, 1.807) is 12.4 Å². The van der Waals surface area contributed by atoms with Gasteiger partial charge < -0.3 is 5.32 Å². The molecule has 0 spiro atoms. The van der Waals surface area contributed by atoms with Crippen LogP contribution in [0.2, 0.25) is 0 Å². The number of hydrogen-bond acceptors (Lipinski definition) is 3. The van der Waals surface area contributed by atoms with Gasteiger partial charge in [-0.2, -0.15) is 0 Å². The number of carbonyl (C=O) groups is 1. The molecule has 3 atom stereocenters. The van der Waals surface area contributed by atoms with E-state index in [4.69, 9.17) is 0 Å². The van der Waals surface area contributed by atoms with Gasteiger partial charge in [-0.15, -0.1) is 0 Å². The second-order valence-electron chi connectivity index (χ2n) is 5.95. The van der Waals surface area contributed by atoms with E-state index >= 15 is 0 Å². The molecule has 3 unspecified atom stereocenters. The fraction of sp³-hybridized carbons (Fsp3) is 0.625. The fourth-order valence-corrected chi connectivity index (χ4v) is 3.57. The lowest BCUT2D eigenvalue weighted by atomic mass is 9.77. The summed E-state index contributed by atoms with van der Waals surface area (Å²) < 4.78 is 0. The first-order valence-electron chi connectivity index (χ1n) is 7.50. The minimum absolute atomic E-state index is 0.0764. The molecule has 2 aliphatic rings. The highest BCUT2D eigenvalue weighted by molar-refractivity contribution is 5.86. The first-order valence-corrected chi connectivity index (χ1v) is 7.50. The van der Waals surface area contributed by atoms with Crippen molar-refractivity contribution < 1.29 is 4.79 Å². The molecule has 1 aromatic rings. The Morgan fingerprint density at radius 1 is 1.16 bits per heavy atom. The summed E-state index contributed by atoms with van der Waals surface area (Å²) in [5, 5.41) is 3.61. The summed E-state index contributed by atoms with van der Waals surface area (Å²) in [6.07, 6.45) is 11.6. The van der Waals surface area contributed by atoms with Crippen LogP contribution in [0.3, 0.4) is 0 Å². The van der Waals surface area contributed by atoms with Crippen LogP contribution in [0.25, 0.3) is 0 Å². The van der Waals surface area contributed by atoms with Crippen LogP contribution in [0.15, 0.2) is 24.5 Å². The van der Waals surface area contributed by atoms with Crippen molar-refractivity contribution in [3.63, 3.8) is 0 Å². The van der Waals surface area contributed by atoms with Gasteiger partial charge in [-0.25, -0.2) is 0 Å². The predicted molar refractivity (Wildman–Crippen MR) is 74.9 cm³/mol. The highest BCUT2D eigenvalue weighted by Crippen LogP contribution is 2.32. The number of pyridine rings is 1.